The van der Waals surface area contributed by atoms with E-state index in [-0.39, 0.29) is 29.8 Å². The number of hydrogen-bond donors (Lipinski definition) is 1. The smallest absolute Gasteiger partial charge is 0.264 e. The number of sulfonamides is 1. The Bertz CT molecular complexity index is 1720. The van der Waals surface area contributed by atoms with Crippen LogP contribution in [0.15, 0.2) is 112 Å². The van der Waals surface area contributed by atoms with Gasteiger partial charge in [-0.25, -0.2) is 8.42 Å². The highest BCUT2D eigenvalue weighted by molar-refractivity contribution is 9.10. The third-order valence-corrected chi connectivity index (χ3v) is 10.0. The van der Waals surface area contributed by atoms with Gasteiger partial charge in [0.05, 0.1) is 17.7 Å². The number of hydrogen-bond acceptors (Lipinski definition) is 5. The lowest BCUT2D eigenvalue weighted by Crippen LogP contribution is -2.54. The van der Waals surface area contributed by atoms with Gasteiger partial charge in [0.25, 0.3) is 10.0 Å². The zero-order valence-corrected chi connectivity index (χ0v) is 28.9. The van der Waals surface area contributed by atoms with E-state index >= 15 is 0 Å². The molecule has 0 saturated carbocycles. The number of anilines is 1. The molecule has 0 aliphatic carbocycles. The molecule has 4 aromatic rings. The Balaban J connectivity index is 1.80. The van der Waals surface area contributed by atoms with Crippen molar-refractivity contribution in [2.45, 2.75) is 57.1 Å². The van der Waals surface area contributed by atoms with Gasteiger partial charge in [-0.05, 0) is 79.9 Å². The zero-order chi connectivity index (χ0) is 33.3. The summed E-state index contributed by atoms with van der Waals surface area (Å²) in [5, 5.41) is 3.05. The van der Waals surface area contributed by atoms with Gasteiger partial charge in [0.15, 0.2) is 0 Å². The Kier molecular flexibility index (Phi) is 12.0. The SMILES string of the molecule is CC[C@@H](C)NC(=O)[C@@H](Cc1ccccc1)N(Cc1cccc(Br)c1)C(=O)CN(c1ccc(C)cc1)S(=O)(=O)c1ccc(OC)cc1. The molecule has 0 aliphatic heterocycles. The highest BCUT2D eigenvalue weighted by Gasteiger charge is 2.35. The summed E-state index contributed by atoms with van der Waals surface area (Å²) in [6, 6.07) is 29.0. The van der Waals surface area contributed by atoms with E-state index in [1.165, 1.54) is 24.1 Å². The molecule has 0 spiro atoms. The van der Waals surface area contributed by atoms with E-state index < -0.39 is 28.5 Å². The van der Waals surface area contributed by atoms with Gasteiger partial charge in [0.1, 0.15) is 18.3 Å². The minimum atomic E-state index is -4.21. The van der Waals surface area contributed by atoms with Crippen LogP contribution >= 0.6 is 15.9 Å². The van der Waals surface area contributed by atoms with E-state index in [0.29, 0.717) is 17.9 Å². The summed E-state index contributed by atoms with van der Waals surface area (Å²) in [4.78, 5) is 30.0. The molecule has 0 heterocycles. The lowest BCUT2D eigenvalue weighted by atomic mass is 10.0. The fourth-order valence-electron chi connectivity index (χ4n) is 4.94. The topological polar surface area (TPSA) is 96.0 Å². The predicted molar refractivity (Wildman–Crippen MR) is 185 cm³/mol. The minimum absolute atomic E-state index is 0.00978. The van der Waals surface area contributed by atoms with Gasteiger partial charge in [-0.1, -0.05) is 83.0 Å². The molecular formula is C36H40BrN3O5S. The average molecular weight is 707 g/mol. The van der Waals surface area contributed by atoms with Crippen molar-refractivity contribution >= 4 is 43.5 Å². The van der Waals surface area contributed by atoms with Crippen LogP contribution in [-0.4, -0.2) is 50.9 Å². The number of halogens is 1. The number of nitrogens with one attached hydrogen (secondary N) is 1. The lowest BCUT2D eigenvalue weighted by Gasteiger charge is -2.34. The van der Waals surface area contributed by atoms with Crippen LogP contribution in [-0.2, 0) is 32.6 Å². The molecule has 4 aromatic carbocycles. The van der Waals surface area contributed by atoms with E-state index in [0.717, 1.165) is 25.5 Å². The van der Waals surface area contributed by atoms with E-state index in [1.807, 2.05) is 75.4 Å². The number of carbonyl (C=O) groups is 2. The third-order valence-electron chi connectivity index (χ3n) is 7.76. The number of methoxy groups -OCH3 is 1. The van der Waals surface area contributed by atoms with E-state index in [4.69, 9.17) is 4.74 Å². The molecule has 8 nitrogen and oxygen atoms in total. The number of carbonyl (C=O) groups excluding carboxylic acids is 2. The molecule has 242 valence electrons. The second-order valence-corrected chi connectivity index (χ2v) is 14.0. The highest BCUT2D eigenvalue weighted by Crippen LogP contribution is 2.27. The van der Waals surface area contributed by atoms with Crippen LogP contribution in [0.1, 0.15) is 37.0 Å². The molecule has 0 aromatic heterocycles. The first-order chi connectivity index (χ1) is 22.0. The van der Waals surface area contributed by atoms with Gasteiger partial charge in [-0.2, -0.15) is 0 Å². The fraction of sp³-hybridized carbons (Fsp3) is 0.278. The Morgan fingerprint density at radius 2 is 1.54 bits per heavy atom. The number of nitrogens with zero attached hydrogens (tertiary/aromatic N) is 2. The number of ether oxygens (including phenoxy) is 1. The predicted octanol–water partition coefficient (Wildman–Crippen LogP) is 6.52. The van der Waals surface area contributed by atoms with Crippen LogP contribution in [0.25, 0.3) is 0 Å². The minimum Gasteiger partial charge on any atom is -0.497 e. The molecule has 0 saturated heterocycles. The molecule has 1 N–H and O–H groups in total. The number of amides is 2. The summed E-state index contributed by atoms with van der Waals surface area (Å²) in [5.41, 5.74) is 2.94. The number of rotatable bonds is 14. The third kappa shape index (κ3) is 8.98. The standard InChI is InChI=1S/C36H40BrN3O5S/c1-5-27(3)38-36(42)34(23-28-10-7-6-8-11-28)39(24-29-12-9-13-30(37)22-29)35(41)25-40(31-16-14-26(2)15-17-31)46(43,44)33-20-18-32(45-4)19-21-33/h6-22,27,34H,5,23-25H2,1-4H3,(H,38,42)/t27-,34-/m1/s1. The van der Waals surface area contributed by atoms with Gasteiger partial charge in [0, 0.05) is 23.5 Å². The summed E-state index contributed by atoms with van der Waals surface area (Å²) >= 11 is 3.51. The van der Waals surface area contributed by atoms with Crippen LogP contribution in [0, 0.1) is 6.92 Å². The summed E-state index contributed by atoms with van der Waals surface area (Å²) in [6.07, 6.45) is 0.962. The lowest BCUT2D eigenvalue weighted by molar-refractivity contribution is -0.140. The monoisotopic (exact) mass is 705 g/mol. The Hall–Kier alpha value is -4.15. The Labute approximate surface area is 280 Å². The van der Waals surface area contributed by atoms with Crippen molar-refractivity contribution in [1.29, 1.82) is 0 Å². The first-order valence-electron chi connectivity index (χ1n) is 15.1. The number of aryl methyl sites for hydroxylation is 1. The maximum Gasteiger partial charge on any atom is 0.264 e. The van der Waals surface area contributed by atoms with Gasteiger partial charge >= 0.3 is 0 Å². The van der Waals surface area contributed by atoms with Crippen LogP contribution < -0.4 is 14.4 Å². The summed E-state index contributed by atoms with van der Waals surface area (Å²) in [6.45, 7) is 5.37. The second kappa shape index (κ2) is 15.9. The maximum absolute atomic E-state index is 14.6. The molecule has 0 radical (unpaired) electrons. The quantitative estimate of drug-likeness (QED) is 0.161. The van der Waals surface area contributed by atoms with Crippen molar-refractivity contribution in [2.24, 2.45) is 0 Å². The molecule has 0 bridgehead atoms. The molecule has 2 amide bonds. The van der Waals surface area contributed by atoms with Crippen LogP contribution in [0.5, 0.6) is 5.75 Å². The summed E-state index contributed by atoms with van der Waals surface area (Å²) < 4.78 is 35.5. The van der Waals surface area contributed by atoms with Gasteiger partial charge < -0.3 is 15.0 Å². The van der Waals surface area contributed by atoms with Crippen molar-refractivity contribution in [3.8, 4) is 5.75 Å². The molecule has 2 atom stereocenters. The maximum atomic E-state index is 14.6. The largest absolute Gasteiger partial charge is 0.497 e. The molecule has 0 fully saturated rings. The zero-order valence-electron chi connectivity index (χ0n) is 26.5. The van der Waals surface area contributed by atoms with Gasteiger partial charge in [-0.3, -0.25) is 13.9 Å². The molecule has 10 heteroatoms. The van der Waals surface area contributed by atoms with E-state index in [9.17, 15) is 18.0 Å². The molecule has 46 heavy (non-hydrogen) atoms. The highest BCUT2D eigenvalue weighted by atomic mass is 79.9. The average Bonchev–Trinajstić information content (AvgIpc) is 3.06. The van der Waals surface area contributed by atoms with Crippen molar-refractivity contribution in [1.82, 2.24) is 10.2 Å². The first-order valence-corrected chi connectivity index (χ1v) is 17.4. The van der Waals surface area contributed by atoms with Crippen LogP contribution in [0.3, 0.4) is 0 Å². The van der Waals surface area contributed by atoms with Crippen LogP contribution in [0.4, 0.5) is 5.69 Å². The normalized spacial score (nSPS) is 12.5. The number of benzene rings is 4. The van der Waals surface area contributed by atoms with Gasteiger partial charge in [0.2, 0.25) is 11.8 Å². The Morgan fingerprint density at radius 3 is 2.15 bits per heavy atom. The molecule has 0 aliphatic rings. The van der Waals surface area contributed by atoms with Gasteiger partial charge in [-0.15, -0.1) is 0 Å². The van der Waals surface area contributed by atoms with Crippen molar-refractivity contribution < 1.29 is 22.7 Å². The van der Waals surface area contributed by atoms with E-state index in [2.05, 4.69) is 21.2 Å². The summed E-state index contributed by atoms with van der Waals surface area (Å²) in [5.74, 6) is -0.312. The van der Waals surface area contributed by atoms with Crippen molar-refractivity contribution in [3.05, 3.63) is 124 Å². The first kappa shape index (κ1) is 34.7. The fourth-order valence-corrected chi connectivity index (χ4v) is 6.80. The molecule has 0 unspecified atom stereocenters. The van der Waals surface area contributed by atoms with E-state index in [1.54, 1.807) is 36.4 Å². The molecular weight excluding hydrogens is 666 g/mol. The molecule has 4 rings (SSSR count). The van der Waals surface area contributed by atoms with Crippen LogP contribution in [0.2, 0.25) is 0 Å². The summed E-state index contributed by atoms with van der Waals surface area (Å²) in [7, 11) is -2.70. The van der Waals surface area contributed by atoms with Crippen molar-refractivity contribution in [3.63, 3.8) is 0 Å². The second-order valence-electron chi connectivity index (χ2n) is 11.2. The van der Waals surface area contributed by atoms with Crippen molar-refractivity contribution in [2.75, 3.05) is 18.0 Å². The Morgan fingerprint density at radius 1 is 0.891 bits per heavy atom.